The number of hydrogen-bond donors (Lipinski definition) is 2. The minimum absolute atomic E-state index is 0.0433. The van der Waals surface area contributed by atoms with Gasteiger partial charge in [0.15, 0.2) is 6.61 Å². The van der Waals surface area contributed by atoms with Crippen molar-refractivity contribution in [3.8, 4) is 5.75 Å². The number of aryl methyl sites for hydroxylation is 1. The van der Waals surface area contributed by atoms with Gasteiger partial charge < -0.3 is 20.3 Å². The molecule has 0 spiro atoms. The Morgan fingerprint density at radius 2 is 1.73 bits per heavy atom. The van der Waals surface area contributed by atoms with Crippen molar-refractivity contribution in [3.05, 3.63) is 82.9 Å². The molecule has 172 valence electrons. The first-order valence-corrected chi connectivity index (χ1v) is 11.8. The van der Waals surface area contributed by atoms with Crippen molar-refractivity contribution in [1.29, 1.82) is 0 Å². The minimum atomic E-state index is -0.189. The molecule has 0 bridgehead atoms. The predicted molar refractivity (Wildman–Crippen MR) is 137 cm³/mol. The molecular weight excluding hydrogens is 434 g/mol. The first-order valence-electron chi connectivity index (χ1n) is 11.4. The van der Waals surface area contributed by atoms with Crippen LogP contribution in [-0.2, 0) is 11.3 Å². The molecule has 0 aliphatic carbocycles. The number of carbonyl (C=O) groups excluding carboxylic acids is 1. The van der Waals surface area contributed by atoms with Crippen molar-refractivity contribution >= 4 is 34.6 Å². The smallest absolute Gasteiger partial charge is 0.262 e. The van der Waals surface area contributed by atoms with Crippen LogP contribution >= 0.6 is 11.6 Å². The van der Waals surface area contributed by atoms with E-state index in [1.807, 2.05) is 61.5 Å². The number of benzene rings is 3. The SMILES string of the molecule is Cc1ccc(NC(=O)COc2cccc(CNc3ccc(N4CCCCC4)c(Cl)c3)c2)cc1. The van der Waals surface area contributed by atoms with Gasteiger partial charge >= 0.3 is 0 Å². The number of piperidine rings is 1. The molecule has 5 nitrogen and oxygen atoms in total. The van der Waals surface area contributed by atoms with Gasteiger partial charge in [0, 0.05) is 31.0 Å². The van der Waals surface area contributed by atoms with E-state index in [0.29, 0.717) is 12.3 Å². The molecule has 0 atom stereocenters. The van der Waals surface area contributed by atoms with E-state index in [1.54, 1.807) is 0 Å². The Balaban J connectivity index is 1.28. The third-order valence-corrected chi connectivity index (χ3v) is 6.05. The number of nitrogens with zero attached hydrogens (tertiary/aromatic N) is 1. The van der Waals surface area contributed by atoms with E-state index in [4.69, 9.17) is 16.3 Å². The summed E-state index contributed by atoms with van der Waals surface area (Å²) < 4.78 is 5.69. The number of carbonyl (C=O) groups is 1. The number of nitrogens with one attached hydrogen (secondary N) is 2. The molecule has 1 saturated heterocycles. The van der Waals surface area contributed by atoms with E-state index < -0.39 is 0 Å². The standard InChI is InChI=1S/C27H30ClN3O2/c1-20-8-10-22(11-9-20)30-27(32)19-33-24-7-5-6-21(16-24)18-29-23-12-13-26(25(28)17-23)31-14-3-2-4-15-31/h5-13,16-17,29H,2-4,14-15,18-19H2,1H3,(H,30,32). The van der Waals surface area contributed by atoms with Crippen molar-refractivity contribution in [2.24, 2.45) is 0 Å². The maximum atomic E-state index is 12.2. The number of amides is 1. The Bertz CT molecular complexity index is 1080. The van der Waals surface area contributed by atoms with Gasteiger partial charge in [-0.1, -0.05) is 41.4 Å². The fraction of sp³-hybridized carbons (Fsp3) is 0.296. The minimum Gasteiger partial charge on any atom is -0.484 e. The first-order chi connectivity index (χ1) is 16.1. The van der Waals surface area contributed by atoms with Crippen molar-refractivity contribution in [2.75, 3.05) is 35.2 Å². The van der Waals surface area contributed by atoms with Crippen LogP contribution in [0.25, 0.3) is 0 Å². The molecule has 2 N–H and O–H groups in total. The molecule has 0 aromatic heterocycles. The van der Waals surface area contributed by atoms with E-state index in [0.717, 1.165) is 46.3 Å². The molecule has 3 aromatic rings. The van der Waals surface area contributed by atoms with Gasteiger partial charge in [0.1, 0.15) is 5.75 Å². The lowest BCUT2D eigenvalue weighted by Crippen LogP contribution is -2.29. The van der Waals surface area contributed by atoms with Gasteiger partial charge in [-0.15, -0.1) is 0 Å². The Kier molecular flexibility index (Phi) is 7.74. The monoisotopic (exact) mass is 463 g/mol. The second-order valence-electron chi connectivity index (χ2n) is 8.42. The highest BCUT2D eigenvalue weighted by Gasteiger charge is 2.14. The third-order valence-electron chi connectivity index (χ3n) is 5.74. The summed E-state index contributed by atoms with van der Waals surface area (Å²) in [6, 6.07) is 21.6. The molecule has 1 heterocycles. The summed E-state index contributed by atoms with van der Waals surface area (Å²) in [7, 11) is 0. The van der Waals surface area contributed by atoms with Crippen LogP contribution in [0.15, 0.2) is 66.7 Å². The molecule has 0 saturated carbocycles. The number of rotatable bonds is 8. The quantitative estimate of drug-likeness (QED) is 0.413. The van der Waals surface area contributed by atoms with Crippen LogP contribution in [-0.4, -0.2) is 25.6 Å². The van der Waals surface area contributed by atoms with E-state index in [2.05, 4.69) is 27.7 Å². The maximum absolute atomic E-state index is 12.2. The molecule has 1 fully saturated rings. The predicted octanol–water partition coefficient (Wildman–Crippen LogP) is 6.27. The zero-order chi connectivity index (χ0) is 23.0. The van der Waals surface area contributed by atoms with Crippen LogP contribution in [0.1, 0.15) is 30.4 Å². The van der Waals surface area contributed by atoms with Crippen LogP contribution in [0.3, 0.4) is 0 Å². The van der Waals surface area contributed by atoms with Crippen molar-refractivity contribution < 1.29 is 9.53 Å². The summed E-state index contributed by atoms with van der Waals surface area (Å²) in [4.78, 5) is 14.5. The summed E-state index contributed by atoms with van der Waals surface area (Å²) >= 11 is 6.57. The highest BCUT2D eigenvalue weighted by molar-refractivity contribution is 6.33. The Hall–Kier alpha value is -3.18. The summed E-state index contributed by atoms with van der Waals surface area (Å²) in [5, 5.41) is 7.04. The van der Waals surface area contributed by atoms with Crippen LogP contribution in [0, 0.1) is 6.92 Å². The van der Waals surface area contributed by atoms with Gasteiger partial charge in [-0.2, -0.15) is 0 Å². The van der Waals surface area contributed by atoms with Gasteiger partial charge in [0.05, 0.1) is 10.7 Å². The van der Waals surface area contributed by atoms with Gasteiger partial charge in [-0.05, 0) is 74.2 Å². The molecule has 0 radical (unpaired) electrons. The number of hydrogen-bond acceptors (Lipinski definition) is 4. The lowest BCUT2D eigenvalue weighted by molar-refractivity contribution is -0.118. The molecule has 1 aliphatic heterocycles. The fourth-order valence-corrected chi connectivity index (χ4v) is 4.24. The second-order valence-corrected chi connectivity index (χ2v) is 8.82. The number of anilines is 3. The lowest BCUT2D eigenvalue weighted by Gasteiger charge is -2.29. The van der Waals surface area contributed by atoms with Gasteiger partial charge in [-0.25, -0.2) is 0 Å². The molecular formula is C27H30ClN3O2. The highest BCUT2D eigenvalue weighted by Crippen LogP contribution is 2.31. The van der Waals surface area contributed by atoms with E-state index >= 15 is 0 Å². The lowest BCUT2D eigenvalue weighted by atomic mass is 10.1. The molecule has 6 heteroatoms. The summed E-state index contributed by atoms with van der Waals surface area (Å²) in [5.74, 6) is 0.470. The Morgan fingerprint density at radius 1 is 0.970 bits per heavy atom. The topological polar surface area (TPSA) is 53.6 Å². The normalized spacial score (nSPS) is 13.5. The van der Waals surface area contributed by atoms with E-state index in [9.17, 15) is 4.79 Å². The number of halogens is 1. The van der Waals surface area contributed by atoms with E-state index in [-0.39, 0.29) is 12.5 Å². The van der Waals surface area contributed by atoms with Gasteiger partial charge in [0.25, 0.3) is 5.91 Å². The fourth-order valence-electron chi connectivity index (χ4n) is 3.94. The zero-order valence-electron chi connectivity index (χ0n) is 18.9. The average Bonchev–Trinajstić information content (AvgIpc) is 2.84. The van der Waals surface area contributed by atoms with Crippen molar-refractivity contribution in [3.63, 3.8) is 0 Å². The molecule has 33 heavy (non-hydrogen) atoms. The van der Waals surface area contributed by atoms with Crippen LogP contribution in [0.4, 0.5) is 17.1 Å². The number of ether oxygens (including phenoxy) is 1. The average molecular weight is 464 g/mol. The molecule has 1 aliphatic rings. The first kappa shape index (κ1) is 23.0. The highest BCUT2D eigenvalue weighted by atomic mass is 35.5. The van der Waals surface area contributed by atoms with E-state index in [1.165, 1.54) is 19.3 Å². The molecule has 1 amide bonds. The third kappa shape index (κ3) is 6.65. The Labute approximate surface area is 200 Å². The molecule has 3 aromatic carbocycles. The molecule has 4 rings (SSSR count). The van der Waals surface area contributed by atoms with Gasteiger partial charge in [-0.3, -0.25) is 4.79 Å². The van der Waals surface area contributed by atoms with Crippen molar-refractivity contribution in [2.45, 2.75) is 32.7 Å². The maximum Gasteiger partial charge on any atom is 0.262 e. The second kappa shape index (κ2) is 11.1. The Morgan fingerprint density at radius 3 is 2.48 bits per heavy atom. The van der Waals surface area contributed by atoms with Crippen LogP contribution in [0.5, 0.6) is 5.75 Å². The zero-order valence-corrected chi connectivity index (χ0v) is 19.7. The van der Waals surface area contributed by atoms with Gasteiger partial charge in [0.2, 0.25) is 0 Å². The van der Waals surface area contributed by atoms with Crippen molar-refractivity contribution in [1.82, 2.24) is 0 Å². The molecule has 0 unspecified atom stereocenters. The summed E-state index contributed by atoms with van der Waals surface area (Å²) in [6.07, 6.45) is 3.75. The largest absolute Gasteiger partial charge is 0.484 e. The van der Waals surface area contributed by atoms with Crippen LogP contribution < -0.4 is 20.3 Å². The summed E-state index contributed by atoms with van der Waals surface area (Å²) in [5.41, 5.74) is 5.06. The van der Waals surface area contributed by atoms with Crippen LogP contribution in [0.2, 0.25) is 5.02 Å². The summed E-state index contributed by atoms with van der Waals surface area (Å²) in [6.45, 7) is 4.74.